The third-order valence-corrected chi connectivity index (χ3v) is 4.38. The minimum absolute atomic E-state index is 0.0378. The molecule has 5 nitrogen and oxygen atoms in total. The number of hydrogen-bond donors (Lipinski definition) is 0. The van der Waals surface area contributed by atoms with E-state index in [4.69, 9.17) is 9.15 Å². The summed E-state index contributed by atoms with van der Waals surface area (Å²) in [6, 6.07) is 14.1. The van der Waals surface area contributed by atoms with E-state index in [2.05, 4.69) is 36.1 Å². The Kier molecular flexibility index (Phi) is 5.33. The van der Waals surface area contributed by atoms with Crippen LogP contribution in [-0.4, -0.2) is 48.5 Å². The summed E-state index contributed by atoms with van der Waals surface area (Å²) in [5, 5.41) is 0. The maximum Gasteiger partial charge on any atom is 0.289 e. The van der Waals surface area contributed by atoms with E-state index in [1.165, 1.54) is 5.56 Å². The normalized spacial score (nSPS) is 18.8. The van der Waals surface area contributed by atoms with Crippen molar-refractivity contribution in [1.82, 2.24) is 9.80 Å². The quantitative estimate of drug-likeness (QED) is 0.847. The molecule has 2 heterocycles. The lowest BCUT2D eigenvalue weighted by atomic mass is 10.1. The Morgan fingerprint density at radius 3 is 2.71 bits per heavy atom. The molecule has 0 N–H and O–H groups in total. The number of rotatable bonds is 5. The predicted octanol–water partition coefficient (Wildman–Crippen LogP) is 2.77. The van der Waals surface area contributed by atoms with Gasteiger partial charge in [-0.05, 0) is 24.6 Å². The number of hydrogen-bond acceptors (Lipinski definition) is 4. The van der Waals surface area contributed by atoms with Gasteiger partial charge in [0.1, 0.15) is 12.4 Å². The van der Waals surface area contributed by atoms with Gasteiger partial charge in [-0.25, -0.2) is 0 Å². The van der Waals surface area contributed by atoms with Crippen molar-refractivity contribution >= 4 is 5.91 Å². The SMILES string of the molecule is COCc1ccc(C(=O)N2CCN(Cc3ccccc3)CC2C)o1. The molecule has 1 fully saturated rings. The molecule has 1 atom stereocenters. The van der Waals surface area contributed by atoms with Crippen LogP contribution in [0, 0.1) is 0 Å². The third kappa shape index (κ3) is 3.86. The molecule has 5 heteroatoms. The van der Waals surface area contributed by atoms with Crippen molar-refractivity contribution in [3.63, 3.8) is 0 Å². The molecule has 1 aromatic carbocycles. The van der Waals surface area contributed by atoms with E-state index in [0.717, 1.165) is 19.6 Å². The van der Waals surface area contributed by atoms with Gasteiger partial charge in [0.25, 0.3) is 5.91 Å². The summed E-state index contributed by atoms with van der Waals surface area (Å²) >= 11 is 0. The average molecular weight is 328 g/mol. The summed E-state index contributed by atoms with van der Waals surface area (Å²) < 4.78 is 10.6. The second kappa shape index (κ2) is 7.64. The second-order valence-corrected chi connectivity index (χ2v) is 6.27. The van der Waals surface area contributed by atoms with Crippen LogP contribution in [0.4, 0.5) is 0 Å². The molecule has 0 bridgehead atoms. The number of carbonyl (C=O) groups excluding carboxylic acids is 1. The summed E-state index contributed by atoms with van der Waals surface area (Å²) in [5.74, 6) is 1.03. The van der Waals surface area contributed by atoms with Gasteiger partial charge in [-0.1, -0.05) is 30.3 Å². The maximum atomic E-state index is 12.7. The van der Waals surface area contributed by atoms with Crippen LogP contribution < -0.4 is 0 Å². The molecule has 1 aromatic heterocycles. The number of carbonyl (C=O) groups is 1. The van der Waals surface area contributed by atoms with Crippen LogP contribution in [0.2, 0.25) is 0 Å². The zero-order chi connectivity index (χ0) is 16.9. The van der Waals surface area contributed by atoms with Crippen LogP contribution in [0.5, 0.6) is 0 Å². The average Bonchev–Trinajstić information content (AvgIpc) is 3.04. The molecule has 2 aromatic rings. The first-order valence-corrected chi connectivity index (χ1v) is 8.32. The highest BCUT2D eigenvalue weighted by Crippen LogP contribution is 2.18. The molecule has 1 aliphatic rings. The van der Waals surface area contributed by atoms with Gasteiger partial charge in [0.15, 0.2) is 5.76 Å². The number of methoxy groups -OCH3 is 1. The molecule has 24 heavy (non-hydrogen) atoms. The summed E-state index contributed by atoms with van der Waals surface area (Å²) in [6.45, 7) is 5.85. The van der Waals surface area contributed by atoms with Gasteiger partial charge in [-0.15, -0.1) is 0 Å². The van der Waals surface area contributed by atoms with Crippen LogP contribution in [0.15, 0.2) is 46.9 Å². The fraction of sp³-hybridized carbons (Fsp3) is 0.421. The smallest absolute Gasteiger partial charge is 0.289 e. The van der Waals surface area contributed by atoms with Crippen LogP contribution in [0.1, 0.15) is 28.8 Å². The minimum Gasteiger partial charge on any atom is -0.453 e. The molecule has 3 rings (SSSR count). The van der Waals surface area contributed by atoms with E-state index in [1.807, 2.05) is 11.0 Å². The number of ether oxygens (including phenoxy) is 1. The van der Waals surface area contributed by atoms with Crippen molar-refractivity contribution in [2.24, 2.45) is 0 Å². The Morgan fingerprint density at radius 2 is 2.00 bits per heavy atom. The lowest BCUT2D eigenvalue weighted by Crippen LogP contribution is -2.53. The Balaban J connectivity index is 1.59. The predicted molar refractivity (Wildman–Crippen MR) is 91.6 cm³/mol. The van der Waals surface area contributed by atoms with Gasteiger partial charge in [0.2, 0.25) is 0 Å². The van der Waals surface area contributed by atoms with Gasteiger partial charge in [0, 0.05) is 39.3 Å². The van der Waals surface area contributed by atoms with Crippen molar-refractivity contribution in [2.45, 2.75) is 26.1 Å². The molecule has 0 saturated carbocycles. The molecule has 1 unspecified atom stereocenters. The largest absolute Gasteiger partial charge is 0.453 e. The Labute approximate surface area is 142 Å². The summed E-state index contributed by atoms with van der Waals surface area (Å²) in [7, 11) is 1.61. The van der Waals surface area contributed by atoms with Crippen LogP contribution in [0.25, 0.3) is 0 Å². The number of benzene rings is 1. The number of amides is 1. The molecule has 128 valence electrons. The standard InChI is InChI=1S/C19H24N2O3/c1-15-12-20(13-16-6-4-3-5-7-16)10-11-21(15)19(22)18-9-8-17(24-18)14-23-2/h3-9,15H,10-14H2,1-2H3. The topological polar surface area (TPSA) is 45.9 Å². The van der Waals surface area contributed by atoms with Crippen LogP contribution in [0.3, 0.4) is 0 Å². The van der Waals surface area contributed by atoms with Gasteiger partial charge < -0.3 is 14.1 Å². The molecule has 1 aliphatic heterocycles. The first-order valence-electron chi connectivity index (χ1n) is 8.32. The highest BCUT2D eigenvalue weighted by Gasteiger charge is 2.29. The zero-order valence-corrected chi connectivity index (χ0v) is 14.3. The van der Waals surface area contributed by atoms with E-state index in [1.54, 1.807) is 19.2 Å². The Bertz CT molecular complexity index is 668. The minimum atomic E-state index is -0.0378. The first-order chi connectivity index (χ1) is 11.7. The van der Waals surface area contributed by atoms with Crippen molar-refractivity contribution in [3.05, 3.63) is 59.5 Å². The van der Waals surface area contributed by atoms with E-state index >= 15 is 0 Å². The van der Waals surface area contributed by atoms with E-state index < -0.39 is 0 Å². The van der Waals surface area contributed by atoms with Gasteiger partial charge in [0.05, 0.1) is 0 Å². The maximum absolute atomic E-state index is 12.7. The number of furan rings is 1. The van der Waals surface area contributed by atoms with E-state index in [0.29, 0.717) is 24.7 Å². The van der Waals surface area contributed by atoms with Crippen molar-refractivity contribution in [1.29, 1.82) is 0 Å². The number of piperazine rings is 1. The number of nitrogens with zero attached hydrogens (tertiary/aromatic N) is 2. The molecular weight excluding hydrogens is 304 g/mol. The molecule has 0 aliphatic carbocycles. The van der Waals surface area contributed by atoms with E-state index in [9.17, 15) is 4.79 Å². The fourth-order valence-electron chi connectivity index (χ4n) is 3.17. The second-order valence-electron chi connectivity index (χ2n) is 6.27. The highest BCUT2D eigenvalue weighted by atomic mass is 16.5. The molecule has 0 spiro atoms. The molecule has 1 saturated heterocycles. The monoisotopic (exact) mass is 328 g/mol. The zero-order valence-electron chi connectivity index (χ0n) is 14.3. The third-order valence-electron chi connectivity index (χ3n) is 4.38. The first kappa shape index (κ1) is 16.7. The summed E-state index contributed by atoms with van der Waals surface area (Å²) in [5.41, 5.74) is 1.31. The summed E-state index contributed by atoms with van der Waals surface area (Å²) in [6.07, 6.45) is 0. The van der Waals surface area contributed by atoms with Crippen LogP contribution in [-0.2, 0) is 17.9 Å². The lowest BCUT2D eigenvalue weighted by Gasteiger charge is -2.39. The Morgan fingerprint density at radius 1 is 1.21 bits per heavy atom. The van der Waals surface area contributed by atoms with Gasteiger partial charge >= 0.3 is 0 Å². The van der Waals surface area contributed by atoms with Gasteiger partial charge in [-0.2, -0.15) is 0 Å². The molecule has 1 amide bonds. The Hall–Kier alpha value is -2.11. The van der Waals surface area contributed by atoms with E-state index in [-0.39, 0.29) is 11.9 Å². The van der Waals surface area contributed by atoms with Crippen molar-refractivity contribution in [3.8, 4) is 0 Å². The molecular formula is C19H24N2O3. The highest BCUT2D eigenvalue weighted by molar-refractivity contribution is 5.91. The van der Waals surface area contributed by atoms with Crippen molar-refractivity contribution < 1.29 is 13.9 Å². The summed E-state index contributed by atoms with van der Waals surface area (Å²) in [4.78, 5) is 17.0. The van der Waals surface area contributed by atoms with Crippen LogP contribution >= 0.6 is 0 Å². The fourth-order valence-corrected chi connectivity index (χ4v) is 3.17. The lowest BCUT2D eigenvalue weighted by molar-refractivity contribution is 0.0441. The molecule has 0 radical (unpaired) electrons. The van der Waals surface area contributed by atoms with Gasteiger partial charge in [-0.3, -0.25) is 9.69 Å². The van der Waals surface area contributed by atoms with Crippen molar-refractivity contribution in [2.75, 3.05) is 26.7 Å².